The summed E-state index contributed by atoms with van der Waals surface area (Å²) in [5.41, 5.74) is 1.02. The number of nitrogens with zero attached hydrogens (tertiary/aromatic N) is 1. The van der Waals surface area contributed by atoms with Crippen LogP contribution in [0.3, 0.4) is 0 Å². The van der Waals surface area contributed by atoms with Crippen molar-refractivity contribution < 1.29 is 14.3 Å². The van der Waals surface area contributed by atoms with Crippen LogP contribution in [0.2, 0.25) is 0 Å². The van der Waals surface area contributed by atoms with E-state index in [4.69, 9.17) is 4.74 Å². The third-order valence-electron chi connectivity index (χ3n) is 5.45. The second kappa shape index (κ2) is 8.11. The highest BCUT2D eigenvalue weighted by Gasteiger charge is 2.44. The number of rotatable bonds is 7. The van der Waals surface area contributed by atoms with Crippen molar-refractivity contribution in [1.82, 2.24) is 10.2 Å². The molecule has 2 atom stereocenters. The van der Waals surface area contributed by atoms with E-state index < -0.39 is 0 Å². The summed E-state index contributed by atoms with van der Waals surface area (Å²) in [4.78, 5) is 27.3. The fourth-order valence-electron chi connectivity index (χ4n) is 3.74. The van der Waals surface area contributed by atoms with Crippen molar-refractivity contribution in [2.24, 2.45) is 17.8 Å². The fourth-order valence-corrected chi connectivity index (χ4v) is 3.74. The molecule has 0 bridgehead atoms. The predicted molar refractivity (Wildman–Crippen MR) is 101 cm³/mol. The van der Waals surface area contributed by atoms with Crippen LogP contribution < -0.4 is 10.1 Å². The number of nitrogens with one attached hydrogen (secondary N) is 1. The van der Waals surface area contributed by atoms with Crippen molar-refractivity contribution in [3.63, 3.8) is 0 Å². The van der Waals surface area contributed by atoms with Crippen molar-refractivity contribution in [2.45, 2.75) is 39.0 Å². The van der Waals surface area contributed by atoms with Gasteiger partial charge in [0.25, 0.3) is 0 Å². The Morgan fingerprint density at radius 3 is 2.62 bits per heavy atom. The highest BCUT2D eigenvalue weighted by atomic mass is 16.5. The van der Waals surface area contributed by atoms with E-state index in [0.717, 1.165) is 30.6 Å². The number of benzene rings is 1. The molecule has 2 aliphatic rings. The van der Waals surface area contributed by atoms with E-state index in [9.17, 15) is 9.59 Å². The van der Waals surface area contributed by atoms with Crippen molar-refractivity contribution in [3.8, 4) is 5.75 Å². The zero-order chi connectivity index (χ0) is 18.7. The average Bonchev–Trinajstić information content (AvgIpc) is 3.38. The molecule has 1 aromatic carbocycles. The molecule has 5 nitrogen and oxygen atoms in total. The minimum Gasteiger partial charge on any atom is -0.496 e. The lowest BCUT2D eigenvalue weighted by Crippen LogP contribution is -2.36. The lowest BCUT2D eigenvalue weighted by atomic mass is 9.87. The summed E-state index contributed by atoms with van der Waals surface area (Å²) in [5.74, 6) is 1.54. The summed E-state index contributed by atoms with van der Waals surface area (Å²) in [6.07, 6.45) is 2.93. The number of amides is 2. The van der Waals surface area contributed by atoms with Gasteiger partial charge < -0.3 is 15.0 Å². The van der Waals surface area contributed by atoms with E-state index in [0.29, 0.717) is 25.6 Å². The van der Waals surface area contributed by atoms with Crippen molar-refractivity contribution in [2.75, 3.05) is 26.7 Å². The predicted octanol–water partition coefficient (Wildman–Crippen LogP) is 2.81. The first-order valence-electron chi connectivity index (χ1n) is 9.70. The molecule has 142 valence electrons. The molecule has 1 saturated carbocycles. The van der Waals surface area contributed by atoms with Crippen molar-refractivity contribution in [3.05, 3.63) is 29.8 Å². The number of para-hydroxylation sites is 1. The summed E-state index contributed by atoms with van der Waals surface area (Å²) in [6.45, 7) is 6.08. The molecule has 0 spiro atoms. The standard InChI is InChI=1S/C21H30N2O3/c1-14(2)10-11-22-20(24)18-13-23(21(25)15-8-9-15)12-17(18)16-6-4-5-7-19(16)26-3/h4-7,14-15,17-18H,8-13H2,1-3H3,(H,22,24). The Kier molecular flexibility index (Phi) is 5.84. The highest BCUT2D eigenvalue weighted by molar-refractivity contribution is 5.85. The number of hydrogen-bond acceptors (Lipinski definition) is 3. The average molecular weight is 358 g/mol. The zero-order valence-electron chi connectivity index (χ0n) is 16.0. The van der Waals surface area contributed by atoms with E-state index in [1.54, 1.807) is 7.11 Å². The Morgan fingerprint density at radius 2 is 1.96 bits per heavy atom. The van der Waals surface area contributed by atoms with E-state index >= 15 is 0 Å². The van der Waals surface area contributed by atoms with Crippen LogP contribution in [0, 0.1) is 17.8 Å². The van der Waals surface area contributed by atoms with Gasteiger partial charge in [0.2, 0.25) is 11.8 Å². The van der Waals surface area contributed by atoms with Crippen LogP contribution in [0.15, 0.2) is 24.3 Å². The molecule has 1 aliphatic heterocycles. The van der Waals surface area contributed by atoms with E-state index in [-0.39, 0.29) is 29.6 Å². The highest BCUT2D eigenvalue weighted by Crippen LogP contribution is 2.40. The molecule has 5 heteroatoms. The van der Waals surface area contributed by atoms with Crippen LogP contribution in [-0.2, 0) is 9.59 Å². The van der Waals surface area contributed by atoms with Crippen LogP contribution in [0.25, 0.3) is 0 Å². The summed E-state index contributed by atoms with van der Waals surface area (Å²) < 4.78 is 5.52. The van der Waals surface area contributed by atoms with Gasteiger partial charge in [-0.15, -0.1) is 0 Å². The Balaban J connectivity index is 1.78. The molecule has 3 rings (SSSR count). The lowest BCUT2D eigenvalue weighted by Gasteiger charge is -2.20. The van der Waals surface area contributed by atoms with E-state index in [2.05, 4.69) is 19.2 Å². The fraction of sp³-hybridized carbons (Fsp3) is 0.619. The maximum Gasteiger partial charge on any atom is 0.225 e. The lowest BCUT2D eigenvalue weighted by molar-refractivity contribution is -0.132. The van der Waals surface area contributed by atoms with Gasteiger partial charge in [-0.1, -0.05) is 32.0 Å². The first-order chi connectivity index (χ1) is 12.5. The number of likely N-dealkylation sites (tertiary alicyclic amines) is 1. The summed E-state index contributed by atoms with van der Waals surface area (Å²) in [5, 5.41) is 3.08. The molecule has 1 heterocycles. The Labute approximate surface area is 156 Å². The molecule has 1 aromatic rings. The van der Waals surface area contributed by atoms with Gasteiger partial charge in [-0.05, 0) is 36.8 Å². The maximum absolute atomic E-state index is 12.9. The van der Waals surface area contributed by atoms with Gasteiger partial charge in [0.1, 0.15) is 5.75 Å². The zero-order valence-corrected chi connectivity index (χ0v) is 16.0. The summed E-state index contributed by atoms with van der Waals surface area (Å²) in [7, 11) is 1.65. The normalized spacial score (nSPS) is 22.5. The minimum absolute atomic E-state index is 0.0205. The van der Waals surface area contributed by atoms with Crippen LogP contribution in [0.5, 0.6) is 5.75 Å². The molecular weight excluding hydrogens is 328 g/mol. The maximum atomic E-state index is 12.9. The number of carbonyl (C=O) groups is 2. The van der Waals surface area contributed by atoms with Gasteiger partial charge in [0.15, 0.2) is 0 Å². The van der Waals surface area contributed by atoms with Gasteiger partial charge >= 0.3 is 0 Å². The topological polar surface area (TPSA) is 58.6 Å². The van der Waals surface area contributed by atoms with Crippen molar-refractivity contribution >= 4 is 11.8 Å². The molecule has 1 aliphatic carbocycles. The van der Waals surface area contributed by atoms with E-state index in [1.165, 1.54) is 0 Å². The van der Waals surface area contributed by atoms with Gasteiger partial charge in [0, 0.05) is 31.5 Å². The molecule has 1 saturated heterocycles. The van der Waals surface area contributed by atoms with E-state index in [1.807, 2.05) is 29.2 Å². The number of carbonyl (C=O) groups excluding carboxylic acids is 2. The quantitative estimate of drug-likeness (QED) is 0.815. The smallest absolute Gasteiger partial charge is 0.225 e. The molecule has 1 N–H and O–H groups in total. The van der Waals surface area contributed by atoms with Crippen LogP contribution in [-0.4, -0.2) is 43.5 Å². The molecule has 2 fully saturated rings. The summed E-state index contributed by atoms with van der Waals surface area (Å²) >= 11 is 0. The molecule has 2 amide bonds. The molecule has 2 unspecified atom stereocenters. The SMILES string of the molecule is COc1ccccc1C1CN(C(=O)C2CC2)CC1C(=O)NCCC(C)C. The van der Waals surface area contributed by atoms with Crippen LogP contribution >= 0.6 is 0 Å². The Morgan fingerprint density at radius 1 is 1.23 bits per heavy atom. The van der Waals surface area contributed by atoms with Gasteiger partial charge in [-0.3, -0.25) is 9.59 Å². The second-order valence-corrected chi connectivity index (χ2v) is 7.95. The minimum atomic E-state index is -0.221. The second-order valence-electron chi connectivity index (χ2n) is 7.95. The molecule has 0 radical (unpaired) electrons. The Bertz CT molecular complexity index is 654. The third kappa shape index (κ3) is 4.19. The van der Waals surface area contributed by atoms with Gasteiger partial charge in [-0.2, -0.15) is 0 Å². The first-order valence-corrected chi connectivity index (χ1v) is 9.70. The third-order valence-corrected chi connectivity index (χ3v) is 5.45. The first kappa shape index (κ1) is 18.7. The molecular formula is C21H30N2O3. The summed E-state index contributed by atoms with van der Waals surface area (Å²) in [6, 6.07) is 7.84. The largest absolute Gasteiger partial charge is 0.496 e. The monoisotopic (exact) mass is 358 g/mol. The van der Waals surface area contributed by atoms with Crippen molar-refractivity contribution in [1.29, 1.82) is 0 Å². The van der Waals surface area contributed by atoms with Gasteiger partial charge in [-0.25, -0.2) is 0 Å². The molecule has 26 heavy (non-hydrogen) atoms. The number of hydrogen-bond donors (Lipinski definition) is 1. The van der Waals surface area contributed by atoms with Gasteiger partial charge in [0.05, 0.1) is 13.0 Å². The Hall–Kier alpha value is -2.04. The van der Waals surface area contributed by atoms with Crippen LogP contribution in [0.1, 0.15) is 44.6 Å². The number of methoxy groups -OCH3 is 1. The van der Waals surface area contributed by atoms with Crippen LogP contribution in [0.4, 0.5) is 0 Å². The molecule has 0 aromatic heterocycles. The number of ether oxygens (including phenoxy) is 1.